The molecule has 0 saturated carbocycles. The van der Waals surface area contributed by atoms with Crippen molar-refractivity contribution in [1.82, 2.24) is 0 Å². The molecule has 0 heterocycles. The van der Waals surface area contributed by atoms with E-state index in [1.165, 1.54) is 6.08 Å². The van der Waals surface area contributed by atoms with Crippen molar-refractivity contribution in [3.8, 4) is 0 Å². The molecule has 1 aliphatic carbocycles. The van der Waals surface area contributed by atoms with Crippen LogP contribution >= 0.6 is 15.9 Å². The van der Waals surface area contributed by atoms with Gasteiger partial charge in [0.05, 0.1) is 0 Å². The molecule has 0 atom stereocenters. The molecular weight excluding hydrogens is 195 g/mol. The Morgan fingerprint density at radius 1 is 1.20 bits per heavy atom. The summed E-state index contributed by atoms with van der Waals surface area (Å²) < 4.78 is 13.5. The van der Waals surface area contributed by atoms with Gasteiger partial charge in [-0.15, -0.1) is 0 Å². The summed E-state index contributed by atoms with van der Waals surface area (Å²) in [4.78, 5) is 0. The van der Waals surface area contributed by atoms with Crippen LogP contribution in [0.3, 0.4) is 0 Å². The Balaban J connectivity index is 2.73. The summed E-state index contributed by atoms with van der Waals surface area (Å²) in [6, 6.07) is 0. The third kappa shape index (κ3) is 2.48. The first kappa shape index (κ1) is 7.73. The smallest absolute Gasteiger partial charge is 0.119 e. The van der Waals surface area contributed by atoms with E-state index in [0.29, 0.717) is 0 Å². The summed E-state index contributed by atoms with van der Waals surface area (Å²) in [6.45, 7) is 0. The highest BCUT2D eigenvalue weighted by molar-refractivity contribution is 9.11. The predicted molar refractivity (Wildman–Crippen MR) is 44.6 cm³/mol. The summed E-state index contributed by atoms with van der Waals surface area (Å²) in [5.41, 5.74) is 0. The molecule has 54 valence electrons. The molecule has 0 aliphatic heterocycles. The Labute approximate surface area is 68.3 Å². The molecular formula is C8H8BrF. The fraction of sp³-hybridized carbons (Fsp3) is 0.250. The standard InChI is InChI=1S/C8H8BrF/c9-7-3-1-2-4-8(10)6-5-7/h3-6H,1-2H2/b6-5-,7-3+,8-4+. The van der Waals surface area contributed by atoms with E-state index < -0.39 is 0 Å². The van der Waals surface area contributed by atoms with Crippen LogP contribution in [0.25, 0.3) is 0 Å². The fourth-order valence-electron chi connectivity index (χ4n) is 0.738. The van der Waals surface area contributed by atoms with E-state index in [0.717, 1.165) is 17.3 Å². The molecule has 0 saturated heterocycles. The van der Waals surface area contributed by atoms with Gasteiger partial charge in [0.15, 0.2) is 0 Å². The van der Waals surface area contributed by atoms with E-state index in [9.17, 15) is 4.39 Å². The van der Waals surface area contributed by atoms with Gasteiger partial charge in [-0.1, -0.05) is 22.0 Å². The van der Waals surface area contributed by atoms with Crippen LogP contribution in [-0.4, -0.2) is 0 Å². The van der Waals surface area contributed by atoms with Crippen LogP contribution in [0.15, 0.2) is 34.6 Å². The van der Waals surface area contributed by atoms with E-state index >= 15 is 0 Å². The van der Waals surface area contributed by atoms with E-state index in [-0.39, 0.29) is 5.83 Å². The third-order valence-electron chi connectivity index (χ3n) is 1.25. The molecule has 0 aromatic heterocycles. The van der Waals surface area contributed by atoms with Crippen molar-refractivity contribution < 1.29 is 4.39 Å². The maximum Gasteiger partial charge on any atom is 0.119 e. The second-order valence-electron chi connectivity index (χ2n) is 2.09. The van der Waals surface area contributed by atoms with E-state index in [2.05, 4.69) is 15.9 Å². The largest absolute Gasteiger partial charge is 0.207 e. The van der Waals surface area contributed by atoms with Crippen LogP contribution < -0.4 is 0 Å². The molecule has 1 rings (SSSR count). The maximum absolute atomic E-state index is 12.5. The Morgan fingerprint density at radius 3 is 2.70 bits per heavy atom. The zero-order valence-corrected chi connectivity index (χ0v) is 7.07. The van der Waals surface area contributed by atoms with Gasteiger partial charge in [-0.3, -0.25) is 0 Å². The highest BCUT2D eigenvalue weighted by atomic mass is 79.9. The SMILES string of the molecule is FC1=C/CC\C=C(Br)/C=C\1. The number of halogens is 2. The molecule has 10 heavy (non-hydrogen) atoms. The lowest BCUT2D eigenvalue weighted by Gasteiger charge is -1.94. The van der Waals surface area contributed by atoms with Crippen LogP contribution in [0.5, 0.6) is 0 Å². The van der Waals surface area contributed by atoms with Gasteiger partial charge < -0.3 is 0 Å². The fourth-order valence-corrected chi connectivity index (χ4v) is 1.10. The average molecular weight is 203 g/mol. The highest BCUT2D eigenvalue weighted by Crippen LogP contribution is 2.15. The lowest BCUT2D eigenvalue weighted by atomic mass is 10.2. The predicted octanol–water partition coefficient (Wildman–Crippen LogP) is 3.47. The zero-order chi connectivity index (χ0) is 7.40. The first-order valence-corrected chi connectivity index (χ1v) is 3.98. The first-order valence-electron chi connectivity index (χ1n) is 3.18. The summed E-state index contributed by atoms with van der Waals surface area (Å²) in [5, 5.41) is 0. The minimum atomic E-state index is -0.148. The number of hydrogen-bond acceptors (Lipinski definition) is 0. The van der Waals surface area contributed by atoms with Crippen LogP contribution in [-0.2, 0) is 0 Å². The Bertz CT molecular complexity index is 179. The summed E-state index contributed by atoms with van der Waals surface area (Å²) >= 11 is 3.28. The first-order chi connectivity index (χ1) is 4.79. The van der Waals surface area contributed by atoms with Crippen molar-refractivity contribution in [2.45, 2.75) is 12.8 Å². The van der Waals surface area contributed by atoms with Crippen LogP contribution in [0, 0.1) is 0 Å². The minimum absolute atomic E-state index is 0.148. The van der Waals surface area contributed by atoms with Gasteiger partial charge >= 0.3 is 0 Å². The van der Waals surface area contributed by atoms with Crippen LogP contribution in [0.2, 0.25) is 0 Å². The number of hydrogen-bond donors (Lipinski definition) is 0. The normalized spacial score (nSPS) is 32.6. The summed E-state index contributed by atoms with van der Waals surface area (Å²) in [7, 11) is 0. The molecule has 0 fully saturated rings. The molecule has 0 spiro atoms. The lowest BCUT2D eigenvalue weighted by molar-refractivity contribution is 0.659. The summed E-state index contributed by atoms with van der Waals surface area (Å²) in [6.07, 6.45) is 8.47. The molecule has 0 bridgehead atoms. The maximum atomic E-state index is 12.5. The molecule has 0 nitrogen and oxygen atoms in total. The Kier molecular flexibility index (Phi) is 2.87. The van der Waals surface area contributed by atoms with Crippen molar-refractivity contribution in [2.24, 2.45) is 0 Å². The zero-order valence-electron chi connectivity index (χ0n) is 5.48. The monoisotopic (exact) mass is 202 g/mol. The van der Waals surface area contributed by atoms with Gasteiger partial charge in [-0.25, -0.2) is 4.39 Å². The second-order valence-corrected chi connectivity index (χ2v) is 3.00. The average Bonchev–Trinajstić information content (AvgIpc) is 1.90. The summed E-state index contributed by atoms with van der Waals surface area (Å²) in [5.74, 6) is -0.148. The molecule has 0 N–H and O–H groups in total. The minimum Gasteiger partial charge on any atom is -0.207 e. The van der Waals surface area contributed by atoms with Gasteiger partial charge in [0.25, 0.3) is 0 Å². The molecule has 1 aliphatic rings. The molecule has 0 amide bonds. The van der Waals surface area contributed by atoms with Crippen LogP contribution in [0.1, 0.15) is 12.8 Å². The Hall–Kier alpha value is -0.370. The molecule has 0 aromatic carbocycles. The lowest BCUT2D eigenvalue weighted by Crippen LogP contribution is -1.75. The molecule has 0 aromatic rings. The second kappa shape index (κ2) is 3.71. The number of allylic oxidation sites excluding steroid dienone is 6. The van der Waals surface area contributed by atoms with Crippen molar-refractivity contribution in [2.75, 3.05) is 0 Å². The van der Waals surface area contributed by atoms with Crippen molar-refractivity contribution in [3.05, 3.63) is 34.6 Å². The number of rotatable bonds is 0. The van der Waals surface area contributed by atoms with Crippen molar-refractivity contribution in [1.29, 1.82) is 0 Å². The van der Waals surface area contributed by atoms with Gasteiger partial charge in [0, 0.05) is 4.48 Å². The van der Waals surface area contributed by atoms with Gasteiger partial charge in [-0.2, -0.15) is 0 Å². The van der Waals surface area contributed by atoms with Gasteiger partial charge in [-0.05, 0) is 31.1 Å². The molecule has 0 radical (unpaired) electrons. The van der Waals surface area contributed by atoms with Crippen molar-refractivity contribution in [3.63, 3.8) is 0 Å². The van der Waals surface area contributed by atoms with Gasteiger partial charge in [0.2, 0.25) is 0 Å². The van der Waals surface area contributed by atoms with E-state index in [1.807, 2.05) is 6.08 Å². The van der Waals surface area contributed by atoms with E-state index in [4.69, 9.17) is 0 Å². The molecule has 2 heteroatoms. The Morgan fingerprint density at radius 2 is 1.90 bits per heavy atom. The topological polar surface area (TPSA) is 0 Å². The van der Waals surface area contributed by atoms with E-state index in [1.54, 1.807) is 12.2 Å². The van der Waals surface area contributed by atoms with Crippen molar-refractivity contribution >= 4 is 15.9 Å². The quantitative estimate of drug-likeness (QED) is 0.565. The highest BCUT2D eigenvalue weighted by Gasteiger charge is 1.92. The molecule has 0 unspecified atom stereocenters. The van der Waals surface area contributed by atoms with Gasteiger partial charge in [0.1, 0.15) is 5.83 Å². The third-order valence-corrected chi connectivity index (χ3v) is 1.84. The van der Waals surface area contributed by atoms with Crippen LogP contribution in [0.4, 0.5) is 4.39 Å².